The number of nitrogens with one attached hydrogen (secondary N) is 1. The molecule has 0 spiro atoms. The van der Waals surface area contributed by atoms with E-state index in [9.17, 15) is 19.5 Å². The topological polar surface area (TPSA) is 99.9 Å². The highest BCUT2D eigenvalue weighted by Crippen LogP contribution is 2.21. The van der Waals surface area contributed by atoms with Gasteiger partial charge in [0.2, 0.25) is 5.91 Å². The van der Waals surface area contributed by atoms with Crippen LogP contribution in [0.15, 0.2) is 53.3 Å². The van der Waals surface area contributed by atoms with Crippen molar-refractivity contribution in [1.82, 2.24) is 10.2 Å². The van der Waals surface area contributed by atoms with Gasteiger partial charge in [0.15, 0.2) is 0 Å². The Balaban J connectivity index is 1.67. The number of carbonyl (C=O) groups is 3. The zero-order valence-corrected chi connectivity index (χ0v) is 15.8. The third-order valence-electron chi connectivity index (χ3n) is 5.12. The van der Waals surface area contributed by atoms with Gasteiger partial charge in [0, 0.05) is 19.5 Å². The van der Waals surface area contributed by atoms with E-state index in [0.29, 0.717) is 24.9 Å². The molecule has 0 radical (unpaired) electrons. The number of nitrogens with zero attached hydrogens (tertiary/aromatic N) is 1. The van der Waals surface area contributed by atoms with Gasteiger partial charge in [-0.2, -0.15) is 0 Å². The van der Waals surface area contributed by atoms with Crippen LogP contribution in [-0.4, -0.2) is 46.4 Å². The summed E-state index contributed by atoms with van der Waals surface area (Å²) in [5.41, 5.74) is -0.149. The monoisotopic (exact) mass is 384 g/mol. The number of hydrogen-bond acceptors (Lipinski definition) is 4. The molecule has 1 saturated heterocycles. The number of carbonyl (C=O) groups excluding carboxylic acids is 2. The molecule has 2 N–H and O–H groups in total. The molecule has 2 amide bonds. The Morgan fingerprint density at radius 2 is 2.00 bits per heavy atom. The first-order valence-electron chi connectivity index (χ1n) is 9.30. The maximum atomic E-state index is 12.8. The van der Waals surface area contributed by atoms with Gasteiger partial charge >= 0.3 is 5.97 Å². The Hall–Kier alpha value is -3.09. The molecule has 28 heavy (non-hydrogen) atoms. The summed E-state index contributed by atoms with van der Waals surface area (Å²) >= 11 is 0. The maximum absolute atomic E-state index is 12.8. The summed E-state index contributed by atoms with van der Waals surface area (Å²) in [7, 11) is 0. The summed E-state index contributed by atoms with van der Waals surface area (Å²) in [6, 6.07) is 10.8. The van der Waals surface area contributed by atoms with Crippen LogP contribution >= 0.6 is 0 Å². The molecule has 7 nitrogen and oxygen atoms in total. The number of aliphatic carboxylic acids is 1. The second-order valence-electron chi connectivity index (χ2n) is 7.39. The lowest BCUT2D eigenvalue weighted by Crippen LogP contribution is -2.57. The number of likely N-dealkylation sites (tertiary alicyclic amines) is 1. The van der Waals surface area contributed by atoms with Crippen molar-refractivity contribution in [2.45, 2.75) is 31.7 Å². The van der Waals surface area contributed by atoms with Crippen LogP contribution in [0.25, 0.3) is 0 Å². The van der Waals surface area contributed by atoms with Crippen molar-refractivity contribution in [3.8, 4) is 0 Å². The van der Waals surface area contributed by atoms with Gasteiger partial charge < -0.3 is 19.7 Å². The Labute approximate surface area is 163 Å². The van der Waals surface area contributed by atoms with Crippen LogP contribution in [0.2, 0.25) is 0 Å². The van der Waals surface area contributed by atoms with Gasteiger partial charge in [0.25, 0.3) is 5.91 Å². The number of carboxylic acids is 1. The van der Waals surface area contributed by atoms with Crippen molar-refractivity contribution in [1.29, 1.82) is 0 Å². The van der Waals surface area contributed by atoms with E-state index in [0.717, 1.165) is 5.56 Å². The average Bonchev–Trinajstić information content (AvgIpc) is 3.23. The Bertz CT molecular complexity index is 834. The molecule has 1 aliphatic rings. The van der Waals surface area contributed by atoms with E-state index in [-0.39, 0.29) is 24.8 Å². The smallest absolute Gasteiger partial charge is 0.329 e. The second kappa shape index (κ2) is 8.29. The second-order valence-corrected chi connectivity index (χ2v) is 7.39. The fourth-order valence-corrected chi connectivity index (χ4v) is 3.50. The summed E-state index contributed by atoms with van der Waals surface area (Å²) < 4.78 is 4.96. The molecule has 3 rings (SSSR count). The van der Waals surface area contributed by atoms with E-state index in [1.54, 1.807) is 11.0 Å². The maximum Gasteiger partial charge on any atom is 0.329 e. The minimum absolute atomic E-state index is 0.180. The van der Waals surface area contributed by atoms with Crippen molar-refractivity contribution in [3.05, 3.63) is 60.1 Å². The molecule has 148 valence electrons. The van der Waals surface area contributed by atoms with E-state index in [1.807, 2.05) is 30.3 Å². The van der Waals surface area contributed by atoms with E-state index in [2.05, 4.69) is 5.32 Å². The van der Waals surface area contributed by atoms with Crippen LogP contribution in [0.1, 0.15) is 35.7 Å². The zero-order valence-electron chi connectivity index (χ0n) is 15.8. The lowest BCUT2D eigenvalue weighted by Gasteiger charge is -2.34. The Morgan fingerprint density at radius 3 is 2.64 bits per heavy atom. The van der Waals surface area contributed by atoms with Crippen molar-refractivity contribution in [2.75, 3.05) is 13.1 Å². The molecule has 2 heterocycles. The number of benzene rings is 1. The fourth-order valence-electron chi connectivity index (χ4n) is 3.50. The lowest BCUT2D eigenvalue weighted by molar-refractivity contribution is -0.147. The molecule has 1 fully saturated rings. The third-order valence-corrected chi connectivity index (χ3v) is 5.12. The Morgan fingerprint density at radius 1 is 1.25 bits per heavy atom. The lowest BCUT2D eigenvalue weighted by atomic mass is 9.90. The minimum Gasteiger partial charge on any atom is -0.480 e. The van der Waals surface area contributed by atoms with Gasteiger partial charge in [0.1, 0.15) is 11.8 Å². The molecular weight excluding hydrogens is 360 g/mol. The quantitative estimate of drug-likeness (QED) is 0.796. The SMILES string of the molecule is C[C@@](Cc1ccccc1)(NC(=O)[C@@H]1CCCN(C(=O)c2ccoc2)C1)C(=O)O. The first-order valence-corrected chi connectivity index (χ1v) is 9.30. The molecule has 1 aromatic carbocycles. The predicted octanol–water partition coefficient (Wildman–Crippen LogP) is 2.33. The first kappa shape index (κ1) is 19.7. The number of amides is 2. The van der Waals surface area contributed by atoms with E-state index in [4.69, 9.17) is 4.42 Å². The fraction of sp³-hybridized carbons (Fsp3) is 0.381. The van der Waals surface area contributed by atoms with Crippen molar-refractivity contribution in [2.24, 2.45) is 5.92 Å². The van der Waals surface area contributed by atoms with Crippen LogP contribution < -0.4 is 5.32 Å². The molecule has 1 aromatic heterocycles. The van der Waals surface area contributed by atoms with E-state index in [1.165, 1.54) is 19.5 Å². The highest BCUT2D eigenvalue weighted by Gasteiger charge is 2.38. The van der Waals surface area contributed by atoms with Gasteiger partial charge in [0.05, 0.1) is 17.7 Å². The van der Waals surface area contributed by atoms with E-state index >= 15 is 0 Å². The summed E-state index contributed by atoms with van der Waals surface area (Å²) in [5.74, 6) is -2.06. The molecule has 1 aliphatic heterocycles. The third kappa shape index (κ3) is 4.42. The molecule has 7 heteroatoms. The number of carboxylic acid groups (broad SMARTS) is 1. The van der Waals surface area contributed by atoms with E-state index < -0.39 is 17.4 Å². The average molecular weight is 384 g/mol. The first-order chi connectivity index (χ1) is 13.4. The molecule has 0 saturated carbocycles. The minimum atomic E-state index is -1.42. The number of hydrogen-bond donors (Lipinski definition) is 2. The molecule has 2 atom stereocenters. The van der Waals surface area contributed by atoms with Crippen LogP contribution in [-0.2, 0) is 16.0 Å². The van der Waals surface area contributed by atoms with Crippen LogP contribution in [0.4, 0.5) is 0 Å². The number of furan rings is 1. The zero-order chi connectivity index (χ0) is 20.1. The molecule has 2 aromatic rings. The normalized spacial score (nSPS) is 18.9. The molecular formula is C21H24N2O5. The summed E-state index contributed by atoms with van der Waals surface area (Å²) in [5, 5.41) is 12.4. The van der Waals surface area contributed by atoms with Crippen LogP contribution in [0, 0.1) is 5.92 Å². The molecule has 0 unspecified atom stereocenters. The summed E-state index contributed by atoms with van der Waals surface area (Å²) in [6.45, 7) is 2.34. The molecule has 0 bridgehead atoms. The van der Waals surface area contributed by atoms with Crippen molar-refractivity contribution in [3.63, 3.8) is 0 Å². The highest BCUT2D eigenvalue weighted by molar-refractivity contribution is 5.94. The van der Waals surface area contributed by atoms with Crippen LogP contribution in [0.3, 0.4) is 0 Å². The van der Waals surface area contributed by atoms with Gasteiger partial charge in [-0.3, -0.25) is 9.59 Å². The molecule has 0 aliphatic carbocycles. The predicted molar refractivity (Wildman–Crippen MR) is 102 cm³/mol. The largest absolute Gasteiger partial charge is 0.480 e. The Kier molecular flexibility index (Phi) is 5.82. The van der Waals surface area contributed by atoms with Crippen molar-refractivity contribution < 1.29 is 23.9 Å². The van der Waals surface area contributed by atoms with Gasteiger partial charge in [-0.1, -0.05) is 30.3 Å². The van der Waals surface area contributed by atoms with Crippen LogP contribution in [0.5, 0.6) is 0 Å². The summed E-state index contributed by atoms with van der Waals surface area (Å²) in [6.07, 6.45) is 4.29. The van der Waals surface area contributed by atoms with Gasteiger partial charge in [-0.15, -0.1) is 0 Å². The highest BCUT2D eigenvalue weighted by atomic mass is 16.4. The summed E-state index contributed by atoms with van der Waals surface area (Å²) in [4.78, 5) is 38.8. The van der Waals surface area contributed by atoms with Gasteiger partial charge in [-0.05, 0) is 31.4 Å². The van der Waals surface area contributed by atoms with Gasteiger partial charge in [-0.25, -0.2) is 4.79 Å². The standard InChI is InChI=1S/C21H24N2O5/c1-21(20(26)27,12-15-6-3-2-4-7-15)22-18(24)16-8-5-10-23(13-16)19(25)17-9-11-28-14-17/h2-4,6-7,9,11,14,16H,5,8,10,12-13H2,1H3,(H,22,24)(H,26,27)/t16-,21+/m1/s1. The number of rotatable bonds is 6. The number of piperidine rings is 1. The van der Waals surface area contributed by atoms with Crippen molar-refractivity contribution >= 4 is 17.8 Å².